The van der Waals surface area contributed by atoms with Crippen molar-refractivity contribution in [3.8, 4) is 5.75 Å². The molecule has 1 saturated carbocycles. The van der Waals surface area contributed by atoms with Gasteiger partial charge in [0.05, 0.1) is 23.7 Å². The molecular weight excluding hydrogens is 470 g/mol. The van der Waals surface area contributed by atoms with Crippen molar-refractivity contribution < 1.29 is 28.6 Å². The number of dihydropyridines is 1. The molecule has 196 valence electrons. The monoisotopic (exact) mass is 505 g/mol. The maximum absolute atomic E-state index is 13.8. The van der Waals surface area contributed by atoms with Crippen molar-refractivity contribution in [2.75, 3.05) is 13.2 Å². The molecule has 3 atom stereocenters. The number of allylic oxidation sites excluding steroid dienone is 4. The molecule has 1 aromatic carbocycles. The van der Waals surface area contributed by atoms with Crippen LogP contribution in [0.2, 0.25) is 0 Å². The maximum Gasteiger partial charge on any atom is 0.336 e. The molecule has 2 heterocycles. The molecule has 2 aliphatic heterocycles. The third kappa shape index (κ3) is 5.09. The van der Waals surface area contributed by atoms with Gasteiger partial charge in [-0.15, -0.1) is 0 Å². The van der Waals surface area contributed by atoms with Crippen molar-refractivity contribution in [3.63, 3.8) is 0 Å². The molecule has 4 aliphatic rings. The third-order valence-corrected chi connectivity index (χ3v) is 7.79. The zero-order valence-electron chi connectivity index (χ0n) is 21.8. The first-order valence-corrected chi connectivity index (χ1v) is 13.2. The summed E-state index contributed by atoms with van der Waals surface area (Å²) >= 11 is 0. The van der Waals surface area contributed by atoms with Crippen LogP contribution in [0.15, 0.2) is 64.7 Å². The van der Waals surface area contributed by atoms with E-state index in [1.807, 2.05) is 30.3 Å². The predicted molar refractivity (Wildman–Crippen MR) is 137 cm³/mol. The van der Waals surface area contributed by atoms with Crippen molar-refractivity contribution in [3.05, 3.63) is 64.7 Å². The fraction of sp³-hybridized carbons (Fsp3) is 0.500. The second-order valence-electron chi connectivity index (χ2n) is 11.2. The lowest BCUT2D eigenvalue weighted by atomic mass is 9.66. The van der Waals surface area contributed by atoms with Gasteiger partial charge in [-0.05, 0) is 50.2 Å². The molecule has 0 aromatic heterocycles. The molecule has 37 heavy (non-hydrogen) atoms. The molecule has 1 aromatic rings. The highest BCUT2D eigenvalue weighted by atomic mass is 16.6. The van der Waals surface area contributed by atoms with Crippen molar-refractivity contribution in [1.29, 1.82) is 0 Å². The van der Waals surface area contributed by atoms with Crippen LogP contribution in [-0.2, 0) is 23.9 Å². The Morgan fingerprint density at radius 3 is 2.62 bits per heavy atom. The molecule has 7 nitrogen and oxygen atoms in total. The van der Waals surface area contributed by atoms with E-state index in [2.05, 4.69) is 19.2 Å². The standard InChI is InChI=1S/C30H35NO6/c1-18-25(29(34)36-14-13-35-19-9-5-4-6-10-19)26(27-22(31-18)15-30(2,3)16-23(27)32)21-17-37-24-12-8-7-11-20(24)28(21)33/h4-6,9-10,17,20,24,26,31H,7-8,11-16H2,1-3H3. The van der Waals surface area contributed by atoms with Crippen molar-refractivity contribution in [2.45, 2.75) is 65.4 Å². The summed E-state index contributed by atoms with van der Waals surface area (Å²) in [5.74, 6) is -0.965. The van der Waals surface area contributed by atoms with E-state index >= 15 is 0 Å². The van der Waals surface area contributed by atoms with Crippen molar-refractivity contribution in [1.82, 2.24) is 5.32 Å². The summed E-state index contributed by atoms with van der Waals surface area (Å²) in [6, 6.07) is 9.30. The lowest BCUT2D eigenvalue weighted by Crippen LogP contribution is -2.44. The zero-order chi connectivity index (χ0) is 26.2. The summed E-state index contributed by atoms with van der Waals surface area (Å²) in [4.78, 5) is 40.8. The number of rotatable bonds is 6. The highest BCUT2D eigenvalue weighted by molar-refractivity contribution is 6.08. The first kappa shape index (κ1) is 25.3. The van der Waals surface area contributed by atoms with E-state index in [0.717, 1.165) is 31.4 Å². The summed E-state index contributed by atoms with van der Waals surface area (Å²) in [5.41, 5.74) is 2.35. The minimum Gasteiger partial charge on any atom is -0.497 e. The molecule has 7 heteroatoms. The molecule has 0 radical (unpaired) electrons. The second kappa shape index (κ2) is 10.2. The number of carbonyl (C=O) groups excluding carboxylic acids is 3. The van der Waals surface area contributed by atoms with Crippen LogP contribution in [-0.4, -0.2) is 36.9 Å². The molecule has 0 amide bonds. The van der Waals surface area contributed by atoms with Gasteiger partial charge in [-0.1, -0.05) is 38.5 Å². The van der Waals surface area contributed by atoms with E-state index in [9.17, 15) is 14.4 Å². The number of hydrogen-bond acceptors (Lipinski definition) is 7. The first-order valence-electron chi connectivity index (χ1n) is 13.2. The molecule has 2 aliphatic carbocycles. The minimum absolute atomic E-state index is 0.0159. The normalized spacial score (nSPS) is 26.9. The smallest absolute Gasteiger partial charge is 0.336 e. The third-order valence-electron chi connectivity index (χ3n) is 7.79. The fourth-order valence-corrected chi connectivity index (χ4v) is 6.11. The molecule has 1 fully saturated rings. The molecule has 1 N–H and O–H groups in total. The zero-order valence-corrected chi connectivity index (χ0v) is 21.8. The van der Waals surface area contributed by atoms with Gasteiger partial charge < -0.3 is 19.5 Å². The Bertz CT molecular complexity index is 1190. The number of esters is 1. The molecule has 3 unspecified atom stereocenters. The van der Waals surface area contributed by atoms with Crippen molar-refractivity contribution in [2.24, 2.45) is 17.3 Å². The number of carbonyl (C=O) groups is 3. The predicted octanol–water partition coefficient (Wildman–Crippen LogP) is 4.79. The van der Waals surface area contributed by atoms with Crippen LogP contribution in [0.5, 0.6) is 5.75 Å². The van der Waals surface area contributed by atoms with Crippen LogP contribution in [0.3, 0.4) is 0 Å². The number of para-hydroxylation sites is 1. The number of fused-ring (bicyclic) bond motifs is 1. The maximum atomic E-state index is 13.8. The molecule has 5 rings (SSSR count). The number of nitrogens with one attached hydrogen (secondary N) is 1. The van der Waals surface area contributed by atoms with Crippen LogP contribution in [0.1, 0.15) is 59.3 Å². The average molecular weight is 506 g/mol. The van der Waals surface area contributed by atoms with E-state index in [0.29, 0.717) is 41.0 Å². The van der Waals surface area contributed by atoms with Gasteiger partial charge >= 0.3 is 5.97 Å². The minimum atomic E-state index is -0.794. The lowest BCUT2D eigenvalue weighted by Gasteiger charge is -2.41. The van der Waals surface area contributed by atoms with Crippen LogP contribution < -0.4 is 10.1 Å². The van der Waals surface area contributed by atoms with E-state index in [-0.39, 0.29) is 42.2 Å². The summed E-state index contributed by atoms with van der Waals surface area (Å²) < 4.78 is 17.3. The molecule has 0 spiro atoms. The Kier molecular flexibility index (Phi) is 6.97. The first-order chi connectivity index (χ1) is 17.7. The summed E-state index contributed by atoms with van der Waals surface area (Å²) in [5, 5.41) is 3.32. The molecular formula is C30H35NO6. The topological polar surface area (TPSA) is 90.9 Å². The Labute approximate surface area is 217 Å². The second-order valence-corrected chi connectivity index (χ2v) is 11.2. The average Bonchev–Trinajstić information content (AvgIpc) is 2.86. The number of hydrogen-bond donors (Lipinski definition) is 1. The van der Waals surface area contributed by atoms with Gasteiger partial charge in [0.1, 0.15) is 25.1 Å². The van der Waals surface area contributed by atoms with Gasteiger partial charge in [0.15, 0.2) is 11.6 Å². The Morgan fingerprint density at radius 1 is 1.08 bits per heavy atom. The highest BCUT2D eigenvalue weighted by Crippen LogP contribution is 2.47. The fourth-order valence-electron chi connectivity index (χ4n) is 6.11. The van der Waals surface area contributed by atoms with Crippen LogP contribution >= 0.6 is 0 Å². The van der Waals surface area contributed by atoms with Gasteiger partial charge in [-0.25, -0.2) is 4.79 Å². The van der Waals surface area contributed by atoms with Gasteiger partial charge in [0, 0.05) is 29.0 Å². The Hall–Kier alpha value is -3.35. The summed E-state index contributed by atoms with van der Waals surface area (Å²) in [7, 11) is 0. The number of Topliss-reactive ketones (excluding diaryl/α,β-unsaturated/α-hetero) is 2. The lowest BCUT2D eigenvalue weighted by molar-refractivity contribution is -0.140. The quantitative estimate of drug-likeness (QED) is 0.439. The molecule has 0 bridgehead atoms. The van der Waals surface area contributed by atoms with E-state index in [4.69, 9.17) is 14.2 Å². The summed E-state index contributed by atoms with van der Waals surface area (Å²) in [6.45, 7) is 6.15. The van der Waals surface area contributed by atoms with Crippen LogP contribution in [0.4, 0.5) is 0 Å². The van der Waals surface area contributed by atoms with Gasteiger partial charge in [0.2, 0.25) is 0 Å². The number of ketones is 2. The van der Waals surface area contributed by atoms with Gasteiger partial charge in [-0.2, -0.15) is 0 Å². The van der Waals surface area contributed by atoms with Crippen molar-refractivity contribution >= 4 is 17.5 Å². The highest BCUT2D eigenvalue weighted by Gasteiger charge is 2.48. The van der Waals surface area contributed by atoms with Gasteiger partial charge in [0.25, 0.3) is 0 Å². The van der Waals surface area contributed by atoms with E-state index < -0.39 is 11.9 Å². The van der Waals surface area contributed by atoms with E-state index in [1.165, 1.54) is 6.26 Å². The summed E-state index contributed by atoms with van der Waals surface area (Å²) in [6.07, 6.45) is 6.01. The molecule has 0 saturated heterocycles. The van der Waals surface area contributed by atoms with E-state index in [1.54, 1.807) is 6.92 Å². The Morgan fingerprint density at radius 2 is 1.84 bits per heavy atom. The Balaban J connectivity index is 1.43. The number of ether oxygens (including phenoxy) is 3. The van der Waals surface area contributed by atoms with Crippen LogP contribution in [0.25, 0.3) is 0 Å². The number of benzene rings is 1. The van der Waals surface area contributed by atoms with Crippen LogP contribution in [0, 0.1) is 17.3 Å². The van der Waals surface area contributed by atoms with Gasteiger partial charge in [-0.3, -0.25) is 9.59 Å². The SMILES string of the molecule is CC1=C(C(=O)OCCOc2ccccc2)C(C2=COC3CCCCC3C2=O)C2=C(CC(C)(C)CC2=O)N1. The largest absolute Gasteiger partial charge is 0.497 e.